The smallest absolute Gasteiger partial charge is 0.227 e. The van der Waals surface area contributed by atoms with Crippen LogP contribution >= 0.6 is 0 Å². The van der Waals surface area contributed by atoms with Crippen molar-refractivity contribution in [2.24, 2.45) is 18.7 Å². The number of benzene rings is 1. The van der Waals surface area contributed by atoms with Crippen LogP contribution in [0.4, 0.5) is 5.69 Å². The van der Waals surface area contributed by atoms with Gasteiger partial charge in [-0.2, -0.15) is 5.10 Å². The average molecular weight is 298 g/mol. The normalized spacial score (nSPS) is 22.2. The highest BCUT2D eigenvalue weighted by Crippen LogP contribution is 2.31. The summed E-state index contributed by atoms with van der Waals surface area (Å²) < 4.78 is 1.79. The number of rotatable bonds is 0. The molecule has 1 amide bonds. The van der Waals surface area contributed by atoms with Crippen molar-refractivity contribution in [2.75, 3.05) is 5.32 Å². The largest absolute Gasteiger partial charge is 0.324 e. The highest BCUT2D eigenvalue weighted by molar-refractivity contribution is 5.95. The molecular formula is C17H22N4O. The van der Waals surface area contributed by atoms with Crippen LogP contribution in [-0.4, -0.2) is 15.7 Å². The lowest BCUT2D eigenvalue weighted by atomic mass is 9.95. The van der Waals surface area contributed by atoms with Crippen molar-refractivity contribution < 1.29 is 4.79 Å². The number of carbonyl (C=O) groups is 1. The Bertz CT molecular complexity index is 692. The van der Waals surface area contributed by atoms with Crippen LogP contribution in [0.1, 0.15) is 37.8 Å². The fourth-order valence-corrected chi connectivity index (χ4v) is 2.99. The Morgan fingerprint density at radius 2 is 2.18 bits per heavy atom. The summed E-state index contributed by atoms with van der Waals surface area (Å²) in [6, 6.07) is 8.21. The molecule has 5 heteroatoms. The van der Waals surface area contributed by atoms with Crippen LogP contribution in [0.3, 0.4) is 0 Å². The molecular weight excluding hydrogens is 276 g/mol. The molecule has 0 saturated heterocycles. The number of hydrogen-bond acceptors (Lipinski definition) is 3. The predicted molar refractivity (Wildman–Crippen MR) is 87.2 cm³/mol. The fourth-order valence-electron chi connectivity index (χ4n) is 2.99. The Morgan fingerprint density at radius 1 is 1.36 bits per heavy atom. The molecule has 3 rings (SSSR count). The zero-order valence-electron chi connectivity index (χ0n) is 13.0. The van der Waals surface area contributed by atoms with E-state index < -0.39 is 0 Å². The molecule has 0 spiro atoms. The van der Waals surface area contributed by atoms with Crippen molar-refractivity contribution in [3.63, 3.8) is 0 Å². The van der Waals surface area contributed by atoms with Gasteiger partial charge in [0.05, 0.1) is 17.6 Å². The first-order valence-corrected chi connectivity index (χ1v) is 7.75. The highest BCUT2D eigenvalue weighted by atomic mass is 16.1. The zero-order chi connectivity index (χ0) is 15.7. The van der Waals surface area contributed by atoms with Gasteiger partial charge in [0, 0.05) is 24.6 Å². The van der Waals surface area contributed by atoms with E-state index in [9.17, 15) is 4.79 Å². The van der Waals surface area contributed by atoms with Crippen LogP contribution in [0.25, 0.3) is 11.3 Å². The number of anilines is 1. The monoisotopic (exact) mass is 298 g/mol. The average Bonchev–Trinajstić information content (AvgIpc) is 2.87. The maximum atomic E-state index is 12.3. The Labute approximate surface area is 130 Å². The molecule has 0 radical (unpaired) electrons. The van der Waals surface area contributed by atoms with Gasteiger partial charge in [-0.3, -0.25) is 9.48 Å². The maximum Gasteiger partial charge on any atom is 0.227 e. The second kappa shape index (κ2) is 5.93. The topological polar surface area (TPSA) is 72.9 Å². The molecule has 2 unspecified atom stereocenters. The number of fused-ring (bicyclic) bond motifs is 4. The first-order valence-electron chi connectivity index (χ1n) is 7.75. The fraction of sp³-hybridized carbons (Fsp3) is 0.412. The van der Waals surface area contributed by atoms with E-state index in [0.717, 1.165) is 41.8 Å². The third-order valence-electron chi connectivity index (χ3n) is 4.38. The van der Waals surface area contributed by atoms with Crippen molar-refractivity contribution in [3.8, 4) is 11.3 Å². The summed E-state index contributed by atoms with van der Waals surface area (Å²) in [6.45, 7) is 1.96. The molecule has 1 aliphatic rings. The van der Waals surface area contributed by atoms with E-state index in [1.807, 2.05) is 26.1 Å². The molecule has 1 aromatic heterocycles. The summed E-state index contributed by atoms with van der Waals surface area (Å²) in [7, 11) is 1.88. The van der Waals surface area contributed by atoms with Crippen LogP contribution in [-0.2, 0) is 11.8 Å². The zero-order valence-corrected chi connectivity index (χ0v) is 13.0. The van der Waals surface area contributed by atoms with Gasteiger partial charge in [-0.15, -0.1) is 0 Å². The van der Waals surface area contributed by atoms with Crippen molar-refractivity contribution in [2.45, 2.75) is 32.2 Å². The molecule has 1 aliphatic heterocycles. The van der Waals surface area contributed by atoms with E-state index in [1.165, 1.54) is 0 Å². The van der Waals surface area contributed by atoms with Gasteiger partial charge < -0.3 is 11.1 Å². The van der Waals surface area contributed by atoms with E-state index in [1.54, 1.807) is 10.9 Å². The van der Waals surface area contributed by atoms with Crippen molar-refractivity contribution in [1.82, 2.24) is 9.78 Å². The summed E-state index contributed by atoms with van der Waals surface area (Å²) >= 11 is 0. The Kier molecular flexibility index (Phi) is 3.98. The number of nitrogens with two attached hydrogens (primary N) is 1. The summed E-state index contributed by atoms with van der Waals surface area (Å²) in [4.78, 5) is 12.3. The molecule has 2 bridgehead atoms. The third-order valence-corrected chi connectivity index (χ3v) is 4.38. The standard InChI is InChI=1S/C17H22N4O/c1-11-5-3-8-14(18)12-6-4-7-13(9-12)16-15(20-17(11)22)10-19-21(16)2/h4,6-7,9-11,14H,3,5,8,18H2,1-2H3,(H,20,22). The lowest BCUT2D eigenvalue weighted by Crippen LogP contribution is -2.21. The Hall–Kier alpha value is -2.14. The lowest BCUT2D eigenvalue weighted by molar-refractivity contribution is -0.119. The molecule has 2 aromatic rings. The molecule has 0 saturated carbocycles. The van der Waals surface area contributed by atoms with Gasteiger partial charge in [-0.1, -0.05) is 31.5 Å². The van der Waals surface area contributed by atoms with Gasteiger partial charge in [-0.25, -0.2) is 0 Å². The van der Waals surface area contributed by atoms with E-state index in [2.05, 4.69) is 22.5 Å². The van der Waals surface area contributed by atoms with Gasteiger partial charge in [-0.05, 0) is 24.5 Å². The summed E-state index contributed by atoms with van der Waals surface area (Å²) in [6.07, 6.45) is 4.38. The molecule has 22 heavy (non-hydrogen) atoms. The molecule has 5 nitrogen and oxygen atoms in total. The minimum absolute atomic E-state index is 0.00585. The molecule has 2 atom stereocenters. The summed E-state index contributed by atoms with van der Waals surface area (Å²) in [5, 5.41) is 7.31. The number of carbonyl (C=O) groups excluding carboxylic acids is 1. The molecule has 1 aromatic carbocycles. The lowest BCUT2D eigenvalue weighted by Gasteiger charge is -2.18. The summed E-state index contributed by atoms with van der Waals surface area (Å²) in [5.74, 6) is 0.0116. The van der Waals surface area contributed by atoms with Gasteiger partial charge in [0.1, 0.15) is 0 Å². The second-order valence-electron chi connectivity index (χ2n) is 6.08. The van der Waals surface area contributed by atoms with E-state index in [-0.39, 0.29) is 17.9 Å². The second-order valence-corrected chi connectivity index (χ2v) is 6.08. The van der Waals surface area contributed by atoms with Crippen LogP contribution < -0.4 is 11.1 Å². The van der Waals surface area contributed by atoms with E-state index in [4.69, 9.17) is 5.73 Å². The number of amides is 1. The van der Waals surface area contributed by atoms with Gasteiger partial charge >= 0.3 is 0 Å². The number of hydrogen-bond donors (Lipinski definition) is 2. The molecule has 0 fully saturated rings. The maximum absolute atomic E-state index is 12.3. The van der Waals surface area contributed by atoms with Crippen LogP contribution in [0.5, 0.6) is 0 Å². The number of aromatic nitrogens is 2. The summed E-state index contributed by atoms with van der Waals surface area (Å²) in [5.41, 5.74) is 10.1. The molecule has 2 heterocycles. The van der Waals surface area contributed by atoms with E-state index >= 15 is 0 Å². The quantitative estimate of drug-likeness (QED) is 0.785. The first kappa shape index (κ1) is 14.8. The third kappa shape index (κ3) is 2.76. The van der Waals surface area contributed by atoms with Crippen molar-refractivity contribution in [1.29, 1.82) is 0 Å². The number of nitrogens with zero attached hydrogens (tertiary/aromatic N) is 2. The van der Waals surface area contributed by atoms with Gasteiger partial charge in [0.15, 0.2) is 0 Å². The Morgan fingerprint density at radius 3 is 3.00 bits per heavy atom. The molecule has 0 aliphatic carbocycles. The highest BCUT2D eigenvalue weighted by Gasteiger charge is 2.20. The number of nitrogens with one attached hydrogen (secondary N) is 1. The SMILES string of the molecule is CC1CCCC(N)c2cccc(c2)-c2c(cnn2C)NC1=O. The van der Waals surface area contributed by atoms with Gasteiger partial charge in [0.2, 0.25) is 5.91 Å². The molecule has 116 valence electrons. The Balaban J connectivity index is 2.10. The van der Waals surface area contributed by atoms with Crippen molar-refractivity contribution in [3.05, 3.63) is 36.0 Å². The minimum Gasteiger partial charge on any atom is -0.324 e. The number of aryl methyl sites for hydroxylation is 1. The van der Waals surface area contributed by atoms with Crippen molar-refractivity contribution >= 4 is 11.6 Å². The van der Waals surface area contributed by atoms with Crippen LogP contribution in [0, 0.1) is 5.92 Å². The molecule has 3 N–H and O–H groups in total. The van der Waals surface area contributed by atoms with Crippen LogP contribution in [0.2, 0.25) is 0 Å². The predicted octanol–water partition coefficient (Wildman–Crippen LogP) is 2.85. The van der Waals surface area contributed by atoms with E-state index in [0.29, 0.717) is 0 Å². The minimum atomic E-state index is -0.0296. The first-order chi connectivity index (χ1) is 10.6. The van der Waals surface area contributed by atoms with Gasteiger partial charge in [0.25, 0.3) is 0 Å². The van der Waals surface area contributed by atoms with Crippen LogP contribution in [0.15, 0.2) is 30.5 Å².